The summed E-state index contributed by atoms with van der Waals surface area (Å²) in [6.07, 6.45) is 6.20. The van der Waals surface area contributed by atoms with Crippen molar-refractivity contribution in [1.82, 2.24) is 20.1 Å². The Morgan fingerprint density at radius 1 is 1.36 bits per heavy atom. The number of likely N-dealkylation sites (N-methyl/N-ethyl adjacent to an activating group) is 1. The Hall–Kier alpha value is -1.76. The third-order valence-corrected chi connectivity index (χ3v) is 6.92. The second kappa shape index (κ2) is 8.72. The van der Waals surface area contributed by atoms with Crippen molar-refractivity contribution in [3.63, 3.8) is 0 Å². The van der Waals surface area contributed by atoms with Crippen molar-refractivity contribution >= 4 is 17.2 Å². The van der Waals surface area contributed by atoms with E-state index in [-0.39, 0.29) is 11.9 Å². The molecule has 0 bridgehead atoms. The quantitative estimate of drug-likeness (QED) is 0.841. The number of carbonyl (C=O) groups is 1. The van der Waals surface area contributed by atoms with Gasteiger partial charge in [0, 0.05) is 48.7 Å². The highest BCUT2D eigenvalue weighted by Gasteiger charge is 2.26. The minimum absolute atomic E-state index is 0.114. The minimum Gasteiger partial charge on any atom is -0.348 e. The molecule has 0 saturated carbocycles. The van der Waals surface area contributed by atoms with E-state index in [4.69, 9.17) is 0 Å². The average molecular weight is 399 g/mol. The van der Waals surface area contributed by atoms with Crippen LogP contribution in [0.4, 0.5) is 0 Å². The molecule has 0 aliphatic carbocycles. The molecule has 150 valence electrons. The molecule has 28 heavy (non-hydrogen) atoms. The fourth-order valence-electron chi connectivity index (χ4n) is 4.24. The van der Waals surface area contributed by atoms with Gasteiger partial charge >= 0.3 is 0 Å². The summed E-state index contributed by atoms with van der Waals surface area (Å²) in [7, 11) is 2.13. The van der Waals surface area contributed by atoms with E-state index in [1.807, 2.05) is 6.20 Å². The molecule has 4 rings (SSSR count). The molecule has 1 saturated heterocycles. The van der Waals surface area contributed by atoms with Gasteiger partial charge < -0.3 is 10.2 Å². The molecule has 1 N–H and O–H groups in total. The van der Waals surface area contributed by atoms with E-state index in [0.717, 1.165) is 69.7 Å². The van der Waals surface area contributed by atoms with Crippen LogP contribution in [0.1, 0.15) is 51.8 Å². The summed E-state index contributed by atoms with van der Waals surface area (Å²) in [5, 5.41) is 5.33. The van der Waals surface area contributed by atoms with Gasteiger partial charge in [-0.1, -0.05) is 13.0 Å². The lowest BCUT2D eigenvalue weighted by Gasteiger charge is -2.30. The SMILES string of the molecule is CCc1ccc(CN2CCc3c(C(=O)N[C@@H]4CCCN(C)C4)csc3C2)nc1. The van der Waals surface area contributed by atoms with Gasteiger partial charge in [0.1, 0.15) is 0 Å². The molecule has 0 spiro atoms. The van der Waals surface area contributed by atoms with Gasteiger partial charge in [0.2, 0.25) is 0 Å². The van der Waals surface area contributed by atoms with Crippen LogP contribution in [0.5, 0.6) is 0 Å². The number of nitrogens with zero attached hydrogens (tertiary/aromatic N) is 3. The highest BCUT2D eigenvalue weighted by Crippen LogP contribution is 2.29. The summed E-state index contributed by atoms with van der Waals surface area (Å²) >= 11 is 1.73. The first-order chi connectivity index (χ1) is 13.6. The van der Waals surface area contributed by atoms with E-state index in [9.17, 15) is 4.79 Å². The Kier molecular flexibility index (Phi) is 6.09. The Labute approximate surface area is 171 Å². The lowest BCUT2D eigenvalue weighted by Crippen LogP contribution is -2.46. The number of thiophene rings is 1. The molecule has 0 radical (unpaired) electrons. The zero-order chi connectivity index (χ0) is 19.5. The Bertz CT molecular complexity index is 816. The lowest BCUT2D eigenvalue weighted by molar-refractivity contribution is 0.0911. The fourth-order valence-corrected chi connectivity index (χ4v) is 5.36. The van der Waals surface area contributed by atoms with Gasteiger partial charge in [-0.25, -0.2) is 0 Å². The van der Waals surface area contributed by atoms with Crippen molar-refractivity contribution in [2.75, 3.05) is 26.7 Å². The van der Waals surface area contributed by atoms with E-state index in [1.165, 1.54) is 16.0 Å². The van der Waals surface area contributed by atoms with Crippen LogP contribution in [-0.4, -0.2) is 53.4 Å². The van der Waals surface area contributed by atoms with Gasteiger partial charge in [-0.05, 0) is 56.5 Å². The topological polar surface area (TPSA) is 48.5 Å². The molecule has 1 fully saturated rings. The molecule has 1 atom stereocenters. The van der Waals surface area contributed by atoms with Gasteiger partial charge in [-0.2, -0.15) is 0 Å². The molecular formula is C22H30N4OS. The largest absolute Gasteiger partial charge is 0.348 e. The maximum atomic E-state index is 12.8. The molecular weight excluding hydrogens is 368 g/mol. The minimum atomic E-state index is 0.114. The summed E-state index contributed by atoms with van der Waals surface area (Å²) in [5.41, 5.74) is 4.56. The van der Waals surface area contributed by atoms with Crippen LogP contribution < -0.4 is 5.32 Å². The van der Waals surface area contributed by atoms with Gasteiger partial charge in [0.25, 0.3) is 5.91 Å². The number of likely N-dealkylation sites (tertiary alicyclic amines) is 1. The van der Waals surface area contributed by atoms with Crippen molar-refractivity contribution in [2.45, 2.75) is 51.7 Å². The van der Waals surface area contributed by atoms with Gasteiger partial charge in [-0.3, -0.25) is 14.7 Å². The number of aromatic nitrogens is 1. The van der Waals surface area contributed by atoms with Crippen LogP contribution in [0.15, 0.2) is 23.7 Å². The lowest BCUT2D eigenvalue weighted by atomic mass is 10.0. The summed E-state index contributed by atoms with van der Waals surface area (Å²) < 4.78 is 0. The van der Waals surface area contributed by atoms with Crippen molar-refractivity contribution < 1.29 is 4.79 Å². The normalized spacial score (nSPS) is 20.7. The predicted molar refractivity (Wildman–Crippen MR) is 114 cm³/mol. The summed E-state index contributed by atoms with van der Waals surface area (Å²) in [5.74, 6) is 0.114. The van der Waals surface area contributed by atoms with Gasteiger partial charge in [0.15, 0.2) is 0 Å². The molecule has 2 aliphatic rings. The maximum Gasteiger partial charge on any atom is 0.252 e. The number of piperidine rings is 1. The average Bonchev–Trinajstić information content (AvgIpc) is 3.12. The third-order valence-electron chi connectivity index (χ3n) is 5.91. The highest BCUT2D eigenvalue weighted by molar-refractivity contribution is 7.10. The third kappa shape index (κ3) is 4.45. The fraction of sp³-hybridized carbons (Fsp3) is 0.545. The smallest absolute Gasteiger partial charge is 0.252 e. The highest BCUT2D eigenvalue weighted by atomic mass is 32.1. The zero-order valence-corrected chi connectivity index (χ0v) is 17.7. The van der Waals surface area contributed by atoms with Crippen molar-refractivity contribution in [3.8, 4) is 0 Å². The number of pyridine rings is 1. The Morgan fingerprint density at radius 2 is 2.25 bits per heavy atom. The molecule has 6 heteroatoms. The van der Waals surface area contributed by atoms with E-state index in [2.05, 4.69) is 51.6 Å². The van der Waals surface area contributed by atoms with Crippen molar-refractivity contribution in [2.24, 2.45) is 0 Å². The zero-order valence-electron chi connectivity index (χ0n) is 16.9. The van der Waals surface area contributed by atoms with E-state index >= 15 is 0 Å². The van der Waals surface area contributed by atoms with Crippen LogP contribution in [0.3, 0.4) is 0 Å². The number of hydrogen-bond donors (Lipinski definition) is 1. The first kappa shape index (κ1) is 19.6. The van der Waals surface area contributed by atoms with Crippen LogP contribution in [-0.2, 0) is 25.9 Å². The Morgan fingerprint density at radius 3 is 3.00 bits per heavy atom. The predicted octanol–water partition coefficient (Wildman–Crippen LogP) is 3.09. The van der Waals surface area contributed by atoms with E-state index in [0.29, 0.717) is 0 Å². The van der Waals surface area contributed by atoms with Crippen LogP contribution in [0, 0.1) is 0 Å². The Balaban J connectivity index is 1.37. The molecule has 1 amide bonds. The molecule has 4 heterocycles. The van der Waals surface area contributed by atoms with Crippen molar-refractivity contribution in [3.05, 3.63) is 51.0 Å². The van der Waals surface area contributed by atoms with Gasteiger partial charge in [0.05, 0.1) is 11.3 Å². The standard InChI is InChI=1S/C22H30N4OS/c1-3-16-6-7-17(23-11-16)13-26-10-8-19-20(15-28-21(19)14-26)22(27)24-18-5-4-9-25(2)12-18/h6-7,11,15,18H,3-5,8-10,12-14H2,1-2H3,(H,24,27)/t18-/m1/s1. The summed E-state index contributed by atoms with van der Waals surface area (Å²) in [4.78, 5) is 23.5. The summed E-state index contributed by atoms with van der Waals surface area (Å²) in [6.45, 7) is 7.00. The number of nitrogens with one attached hydrogen (secondary N) is 1. The van der Waals surface area contributed by atoms with Gasteiger partial charge in [-0.15, -0.1) is 11.3 Å². The number of fused-ring (bicyclic) bond motifs is 1. The monoisotopic (exact) mass is 398 g/mol. The van der Waals surface area contributed by atoms with E-state index in [1.54, 1.807) is 11.3 Å². The molecule has 2 aromatic heterocycles. The molecule has 5 nitrogen and oxygen atoms in total. The maximum absolute atomic E-state index is 12.8. The molecule has 2 aromatic rings. The van der Waals surface area contributed by atoms with E-state index < -0.39 is 0 Å². The van der Waals surface area contributed by atoms with Crippen LogP contribution in [0.25, 0.3) is 0 Å². The molecule has 0 unspecified atom stereocenters. The number of rotatable bonds is 5. The second-order valence-corrected chi connectivity index (χ2v) is 9.06. The number of carbonyl (C=O) groups excluding carboxylic acids is 1. The van der Waals surface area contributed by atoms with Crippen LogP contribution >= 0.6 is 11.3 Å². The van der Waals surface area contributed by atoms with Crippen LogP contribution in [0.2, 0.25) is 0 Å². The van der Waals surface area contributed by atoms with Crippen molar-refractivity contribution in [1.29, 1.82) is 0 Å². The molecule has 2 aliphatic heterocycles. The number of aryl methyl sites for hydroxylation is 1. The number of hydrogen-bond acceptors (Lipinski definition) is 5. The first-order valence-electron chi connectivity index (χ1n) is 10.4. The summed E-state index contributed by atoms with van der Waals surface area (Å²) in [6, 6.07) is 4.59. The molecule has 0 aromatic carbocycles. The first-order valence-corrected chi connectivity index (χ1v) is 11.2. The second-order valence-electron chi connectivity index (χ2n) is 8.10. The number of amides is 1.